The normalized spacial score (nSPS) is 12.0. The zero-order valence-electron chi connectivity index (χ0n) is 10.5. The molecule has 18 heavy (non-hydrogen) atoms. The van der Waals surface area contributed by atoms with E-state index < -0.39 is 0 Å². The van der Waals surface area contributed by atoms with Crippen LogP contribution in [0.3, 0.4) is 0 Å². The van der Waals surface area contributed by atoms with E-state index >= 15 is 0 Å². The molecule has 92 valence electrons. The van der Waals surface area contributed by atoms with Crippen LogP contribution in [-0.2, 0) is 6.42 Å². The summed E-state index contributed by atoms with van der Waals surface area (Å²) in [5.74, 6) is 0. The highest BCUT2D eigenvalue weighted by atomic mass is 14.9. The Morgan fingerprint density at radius 3 is 2.17 bits per heavy atom. The van der Waals surface area contributed by atoms with Gasteiger partial charge < -0.3 is 5.32 Å². The van der Waals surface area contributed by atoms with E-state index in [1.165, 1.54) is 11.1 Å². The number of rotatable bonds is 6. The molecule has 1 nitrogen and oxygen atoms in total. The van der Waals surface area contributed by atoms with Crippen molar-refractivity contribution in [2.75, 3.05) is 6.54 Å². The van der Waals surface area contributed by atoms with E-state index in [1.807, 2.05) is 6.08 Å². The number of nitrogens with one attached hydrogen (secondary N) is 1. The Balaban J connectivity index is 2.13. The van der Waals surface area contributed by atoms with E-state index in [0.29, 0.717) is 6.04 Å². The van der Waals surface area contributed by atoms with Crippen molar-refractivity contribution >= 4 is 0 Å². The van der Waals surface area contributed by atoms with Crippen molar-refractivity contribution in [1.82, 2.24) is 5.32 Å². The Bertz CT molecular complexity index is 461. The van der Waals surface area contributed by atoms with E-state index in [2.05, 4.69) is 72.6 Å². The van der Waals surface area contributed by atoms with Crippen LogP contribution in [0.25, 0.3) is 0 Å². The highest BCUT2D eigenvalue weighted by molar-refractivity contribution is 5.23. The molecule has 1 unspecified atom stereocenters. The van der Waals surface area contributed by atoms with Crippen LogP contribution in [0.4, 0.5) is 0 Å². The van der Waals surface area contributed by atoms with E-state index in [-0.39, 0.29) is 0 Å². The lowest BCUT2D eigenvalue weighted by Crippen LogP contribution is -2.23. The summed E-state index contributed by atoms with van der Waals surface area (Å²) in [6.45, 7) is 4.60. The molecule has 0 aliphatic carbocycles. The number of hydrogen-bond acceptors (Lipinski definition) is 1. The first-order valence-electron chi connectivity index (χ1n) is 6.33. The molecule has 2 aromatic rings. The highest BCUT2D eigenvalue weighted by Crippen LogP contribution is 2.18. The van der Waals surface area contributed by atoms with Gasteiger partial charge in [0, 0.05) is 12.6 Å². The fraction of sp³-hybridized carbons (Fsp3) is 0.176. The van der Waals surface area contributed by atoms with Crippen LogP contribution >= 0.6 is 0 Å². The fourth-order valence-electron chi connectivity index (χ4n) is 2.07. The Labute approximate surface area is 109 Å². The minimum absolute atomic E-state index is 0.339. The molecule has 0 saturated carbocycles. The molecule has 0 aliphatic heterocycles. The second kappa shape index (κ2) is 6.77. The average molecular weight is 237 g/mol. The van der Waals surface area contributed by atoms with E-state index in [1.54, 1.807) is 0 Å². The van der Waals surface area contributed by atoms with Gasteiger partial charge in [0.2, 0.25) is 0 Å². The molecule has 2 rings (SSSR count). The predicted molar refractivity (Wildman–Crippen MR) is 77.5 cm³/mol. The van der Waals surface area contributed by atoms with Gasteiger partial charge >= 0.3 is 0 Å². The van der Waals surface area contributed by atoms with Crippen LogP contribution < -0.4 is 5.32 Å². The Kier molecular flexibility index (Phi) is 4.74. The first-order chi connectivity index (χ1) is 8.90. The molecule has 0 bridgehead atoms. The summed E-state index contributed by atoms with van der Waals surface area (Å²) in [7, 11) is 0. The molecule has 0 fully saturated rings. The lowest BCUT2D eigenvalue weighted by Gasteiger charge is -2.18. The molecule has 1 heteroatoms. The van der Waals surface area contributed by atoms with Gasteiger partial charge in [-0.2, -0.15) is 0 Å². The van der Waals surface area contributed by atoms with Crippen molar-refractivity contribution in [2.45, 2.75) is 12.5 Å². The first kappa shape index (κ1) is 12.6. The van der Waals surface area contributed by atoms with Crippen LogP contribution in [-0.4, -0.2) is 6.54 Å². The summed E-state index contributed by atoms with van der Waals surface area (Å²) >= 11 is 0. The van der Waals surface area contributed by atoms with Crippen LogP contribution in [0, 0.1) is 0 Å². The van der Waals surface area contributed by atoms with Gasteiger partial charge in [0.15, 0.2) is 0 Å². The largest absolute Gasteiger partial charge is 0.306 e. The maximum Gasteiger partial charge on any atom is 0.0363 e. The Hall–Kier alpha value is -1.86. The van der Waals surface area contributed by atoms with Crippen molar-refractivity contribution in [3.05, 3.63) is 84.4 Å². The van der Waals surface area contributed by atoms with Crippen molar-refractivity contribution in [1.29, 1.82) is 0 Å². The first-order valence-corrected chi connectivity index (χ1v) is 6.33. The Morgan fingerprint density at radius 1 is 0.944 bits per heavy atom. The molecular weight excluding hydrogens is 218 g/mol. The third kappa shape index (κ3) is 3.57. The topological polar surface area (TPSA) is 12.0 Å². The van der Waals surface area contributed by atoms with Gasteiger partial charge in [0.25, 0.3) is 0 Å². The predicted octanol–water partition coefficient (Wildman–Crippen LogP) is 3.75. The lowest BCUT2D eigenvalue weighted by molar-refractivity contribution is 0.565. The van der Waals surface area contributed by atoms with Crippen LogP contribution in [0.15, 0.2) is 73.3 Å². The standard InChI is InChI=1S/C17H19N/c1-2-13-18-17(16-11-7-4-8-12-16)14-15-9-5-3-6-10-15/h2-12,17-18H,1,13-14H2. The van der Waals surface area contributed by atoms with Crippen LogP contribution in [0.2, 0.25) is 0 Å². The second-order valence-electron chi connectivity index (χ2n) is 4.35. The fourth-order valence-corrected chi connectivity index (χ4v) is 2.07. The van der Waals surface area contributed by atoms with Crippen molar-refractivity contribution in [2.24, 2.45) is 0 Å². The van der Waals surface area contributed by atoms with Gasteiger partial charge in [0.05, 0.1) is 0 Å². The SMILES string of the molecule is C=CCNC(Cc1ccccc1)c1ccccc1. The molecule has 1 N–H and O–H groups in total. The van der Waals surface area contributed by atoms with Gasteiger partial charge in [0.1, 0.15) is 0 Å². The zero-order chi connectivity index (χ0) is 12.6. The zero-order valence-corrected chi connectivity index (χ0v) is 10.5. The maximum absolute atomic E-state index is 3.77. The summed E-state index contributed by atoms with van der Waals surface area (Å²) in [5, 5.41) is 3.52. The monoisotopic (exact) mass is 237 g/mol. The smallest absolute Gasteiger partial charge is 0.0363 e. The summed E-state index contributed by atoms with van der Waals surface area (Å²) < 4.78 is 0. The minimum atomic E-state index is 0.339. The maximum atomic E-state index is 3.77. The minimum Gasteiger partial charge on any atom is -0.306 e. The molecule has 0 radical (unpaired) electrons. The summed E-state index contributed by atoms with van der Waals surface area (Å²) in [6.07, 6.45) is 2.90. The van der Waals surface area contributed by atoms with Gasteiger partial charge in [-0.3, -0.25) is 0 Å². The molecule has 0 heterocycles. The Morgan fingerprint density at radius 2 is 1.56 bits per heavy atom. The van der Waals surface area contributed by atoms with E-state index in [0.717, 1.165) is 13.0 Å². The highest BCUT2D eigenvalue weighted by Gasteiger charge is 2.10. The average Bonchev–Trinajstić information content (AvgIpc) is 2.45. The van der Waals surface area contributed by atoms with Crippen LogP contribution in [0.1, 0.15) is 17.2 Å². The van der Waals surface area contributed by atoms with E-state index in [4.69, 9.17) is 0 Å². The molecule has 0 saturated heterocycles. The van der Waals surface area contributed by atoms with Gasteiger partial charge in [-0.15, -0.1) is 6.58 Å². The van der Waals surface area contributed by atoms with Gasteiger partial charge in [-0.1, -0.05) is 66.7 Å². The van der Waals surface area contributed by atoms with Crippen molar-refractivity contribution in [3.63, 3.8) is 0 Å². The third-order valence-corrected chi connectivity index (χ3v) is 2.99. The summed E-state index contributed by atoms with van der Waals surface area (Å²) in [4.78, 5) is 0. The number of benzene rings is 2. The summed E-state index contributed by atoms with van der Waals surface area (Å²) in [6, 6.07) is 21.5. The second-order valence-corrected chi connectivity index (χ2v) is 4.35. The summed E-state index contributed by atoms with van der Waals surface area (Å²) in [5.41, 5.74) is 2.67. The van der Waals surface area contributed by atoms with E-state index in [9.17, 15) is 0 Å². The van der Waals surface area contributed by atoms with Gasteiger partial charge in [-0.25, -0.2) is 0 Å². The third-order valence-electron chi connectivity index (χ3n) is 2.99. The molecule has 0 aliphatic rings. The molecule has 2 aromatic carbocycles. The molecule has 0 amide bonds. The molecule has 0 spiro atoms. The van der Waals surface area contributed by atoms with Crippen LogP contribution in [0.5, 0.6) is 0 Å². The van der Waals surface area contributed by atoms with Crippen molar-refractivity contribution < 1.29 is 0 Å². The molecule has 1 atom stereocenters. The molecule has 0 aromatic heterocycles. The molecular formula is C17H19N. The van der Waals surface area contributed by atoms with Crippen molar-refractivity contribution in [3.8, 4) is 0 Å². The number of hydrogen-bond donors (Lipinski definition) is 1. The van der Waals surface area contributed by atoms with Gasteiger partial charge in [-0.05, 0) is 17.5 Å². The lowest BCUT2D eigenvalue weighted by atomic mass is 9.99. The quantitative estimate of drug-likeness (QED) is 0.755.